The van der Waals surface area contributed by atoms with E-state index in [0.717, 1.165) is 11.8 Å². The number of aromatic carboxylic acids is 1. The lowest BCUT2D eigenvalue weighted by Gasteiger charge is -2.46. The number of likely N-dealkylation sites (tertiary alicyclic amines) is 1. The first-order valence-corrected chi connectivity index (χ1v) is 22.9. The van der Waals surface area contributed by atoms with E-state index in [1.54, 1.807) is 19.1 Å². The molecule has 8 N–H and O–H groups in total. The van der Waals surface area contributed by atoms with E-state index in [2.05, 4.69) is 16.0 Å². The predicted molar refractivity (Wildman–Crippen MR) is 235 cm³/mol. The number of nitrogens with one attached hydrogen (secondary N) is 3. The molecule has 0 spiro atoms. The summed E-state index contributed by atoms with van der Waals surface area (Å²) in [6, 6.07) is 8.92. The van der Waals surface area contributed by atoms with Gasteiger partial charge in [0.05, 0.1) is 47.7 Å². The zero-order valence-electron chi connectivity index (χ0n) is 35.5. The molecule has 0 aliphatic carbocycles. The number of carbonyl (C=O) groups is 8. The van der Waals surface area contributed by atoms with Gasteiger partial charge in [0.15, 0.2) is 0 Å². The molecule has 2 aromatic carbocycles. The van der Waals surface area contributed by atoms with Crippen LogP contribution in [0.2, 0.25) is 0 Å². The molecule has 4 saturated heterocycles. The summed E-state index contributed by atoms with van der Waals surface area (Å²) in [6.07, 6.45) is -1.56. The number of carbonyl (C=O) groups excluding carboxylic acids is 5. The van der Waals surface area contributed by atoms with E-state index in [-0.39, 0.29) is 58.0 Å². The third-order valence-electron chi connectivity index (χ3n) is 13.2. The molecule has 12 atom stereocenters. The minimum atomic E-state index is -1.32. The van der Waals surface area contributed by atoms with Crippen LogP contribution in [0.5, 0.6) is 0 Å². The van der Waals surface area contributed by atoms with Gasteiger partial charge in [-0.2, -0.15) is 0 Å². The lowest BCUT2D eigenvalue weighted by atomic mass is 9.79. The van der Waals surface area contributed by atoms with Crippen LogP contribution in [0, 0.1) is 23.7 Å². The third kappa shape index (κ3) is 8.06. The summed E-state index contributed by atoms with van der Waals surface area (Å²) in [5.41, 5.74) is 0.217. The summed E-state index contributed by atoms with van der Waals surface area (Å²) in [5, 5.41) is 58.3. The maximum atomic E-state index is 14.4. The Morgan fingerprint density at radius 2 is 1.18 bits per heavy atom. The van der Waals surface area contributed by atoms with Gasteiger partial charge in [0, 0.05) is 62.2 Å². The van der Waals surface area contributed by atoms with Crippen molar-refractivity contribution >= 4 is 82.3 Å². The molecular formula is C44H48N6O13S2. The monoisotopic (exact) mass is 932 g/mol. The molecule has 65 heavy (non-hydrogen) atoms. The van der Waals surface area contributed by atoms with Crippen LogP contribution in [-0.4, -0.2) is 148 Å². The Kier molecular flexibility index (Phi) is 12.4. The second kappa shape index (κ2) is 17.6. The average molecular weight is 933 g/mol. The van der Waals surface area contributed by atoms with Crippen molar-refractivity contribution < 1.29 is 63.9 Å². The maximum Gasteiger partial charge on any atom is 0.353 e. The van der Waals surface area contributed by atoms with Crippen LogP contribution >= 0.6 is 23.5 Å². The Morgan fingerprint density at radius 3 is 1.69 bits per heavy atom. The molecule has 0 saturated carbocycles. The van der Waals surface area contributed by atoms with Gasteiger partial charge in [-0.3, -0.25) is 24.0 Å². The van der Waals surface area contributed by atoms with Crippen molar-refractivity contribution in [3.05, 3.63) is 80.9 Å². The van der Waals surface area contributed by atoms with Gasteiger partial charge in [-0.1, -0.05) is 26.0 Å². The molecule has 21 heteroatoms. The number of thioether (sulfide) groups is 2. The van der Waals surface area contributed by atoms with Crippen molar-refractivity contribution in [2.24, 2.45) is 23.7 Å². The van der Waals surface area contributed by atoms with E-state index in [4.69, 9.17) is 0 Å². The fourth-order valence-electron chi connectivity index (χ4n) is 10.1. The molecule has 344 valence electrons. The number of rotatable bonds is 14. The van der Waals surface area contributed by atoms with Gasteiger partial charge in [0.25, 0.3) is 5.91 Å². The van der Waals surface area contributed by atoms with Crippen LogP contribution in [0.15, 0.2) is 69.7 Å². The van der Waals surface area contributed by atoms with Crippen LogP contribution in [0.1, 0.15) is 61.3 Å². The molecule has 8 rings (SSSR count). The Labute approximate surface area is 380 Å². The van der Waals surface area contributed by atoms with Crippen molar-refractivity contribution in [2.75, 3.05) is 23.7 Å². The number of carboxylic acid groups (broad SMARTS) is 3. The molecular weight excluding hydrogens is 885 g/mol. The highest BCUT2D eigenvalue weighted by Crippen LogP contribution is 2.53. The van der Waals surface area contributed by atoms with Crippen LogP contribution < -0.4 is 16.0 Å². The highest BCUT2D eigenvalue weighted by molar-refractivity contribution is 8.04. The van der Waals surface area contributed by atoms with Gasteiger partial charge in [0.1, 0.15) is 17.4 Å². The van der Waals surface area contributed by atoms with Crippen LogP contribution in [-0.2, 0) is 28.8 Å². The van der Waals surface area contributed by atoms with Crippen LogP contribution in [0.4, 0.5) is 11.4 Å². The Morgan fingerprint density at radius 1 is 0.692 bits per heavy atom. The van der Waals surface area contributed by atoms with Crippen LogP contribution in [0.3, 0.4) is 0 Å². The summed E-state index contributed by atoms with van der Waals surface area (Å²) in [6.45, 7) is 6.93. The molecule has 2 aromatic rings. The number of hydrogen-bond acceptors (Lipinski definition) is 13. The standard InChI is InChI=1S/C44H48N6O13S2/c1-17-31-29(19(3)51)40(56)49(31)33(43(60)61)35(17)64-25-13-27(45-15-25)37(53)46-23-9-5-7-21(11-23)39(55)48-16-26(14-28(48)38(54)47-24-10-6-8-22(12-24)42(58)59)65-36-18(2)32-30(20(4)52)41(57)50(32)34(36)44(62)63/h5-12,17-20,25-32,45,51-52H,13-16H2,1-4H3,(H,46,53)(H,47,54)(H,58,59)(H,60,61)(H,62,63)/t17-,18-,19-,20-,25?,26?,27+,28+,29-,30-,31-,32-/m1/s1. The Bertz CT molecular complexity index is 2480. The molecule has 0 bridgehead atoms. The van der Waals surface area contributed by atoms with Gasteiger partial charge in [-0.25, -0.2) is 14.4 Å². The number of amides is 5. The third-order valence-corrected chi connectivity index (χ3v) is 16.2. The zero-order chi connectivity index (χ0) is 46.9. The SMILES string of the molecule is C[C@@H](O)[C@H]1C(=O)N2C(C(=O)O)=C(SC3CN[C@H](C(=O)Nc4cccc(C(=O)N5CC(SC6=C(C(=O)O)N7C(=O)[C@H]([C@@H](C)O)[C@H]7[C@H]6C)C[C@H]5C(=O)Nc5cccc(C(=O)O)c5)c4)C3)[C@H](C)[C@H]12. The van der Waals surface area contributed by atoms with Crippen LogP contribution in [0.25, 0.3) is 0 Å². The van der Waals surface area contributed by atoms with Gasteiger partial charge >= 0.3 is 17.9 Å². The van der Waals surface area contributed by atoms with E-state index in [9.17, 15) is 63.9 Å². The fourth-order valence-corrected chi connectivity index (χ4v) is 13.1. The largest absolute Gasteiger partial charge is 0.478 e. The molecule has 2 unspecified atom stereocenters. The molecule has 6 heterocycles. The number of carboxylic acids is 3. The maximum absolute atomic E-state index is 14.4. The van der Waals surface area contributed by atoms with E-state index in [0.29, 0.717) is 22.8 Å². The number of aliphatic hydroxyl groups excluding tert-OH is 2. The first kappa shape index (κ1) is 45.8. The van der Waals surface area contributed by atoms with Gasteiger partial charge in [0.2, 0.25) is 23.6 Å². The smallest absolute Gasteiger partial charge is 0.353 e. The quantitative estimate of drug-likeness (QED) is 0.126. The second-order valence-electron chi connectivity index (χ2n) is 17.4. The second-order valence-corrected chi connectivity index (χ2v) is 20.1. The van der Waals surface area contributed by atoms with Crippen molar-refractivity contribution in [3.63, 3.8) is 0 Å². The highest BCUT2D eigenvalue weighted by atomic mass is 32.2. The number of aliphatic hydroxyl groups is 2. The number of aliphatic carboxylic acids is 2. The zero-order valence-corrected chi connectivity index (χ0v) is 37.2. The topological polar surface area (TPSA) is 284 Å². The fraction of sp³-hybridized carbons (Fsp3) is 0.455. The van der Waals surface area contributed by atoms with E-state index < -0.39 is 107 Å². The molecule has 0 aromatic heterocycles. The number of β-lactam (4-membered cyclic amide) rings is 2. The van der Waals surface area contributed by atoms with E-state index in [1.165, 1.54) is 76.7 Å². The van der Waals surface area contributed by atoms with E-state index >= 15 is 0 Å². The van der Waals surface area contributed by atoms with Crippen molar-refractivity contribution in [3.8, 4) is 0 Å². The average Bonchev–Trinajstić information content (AvgIpc) is 4.00. The summed E-state index contributed by atoms with van der Waals surface area (Å²) in [5.74, 6) is -8.57. The minimum Gasteiger partial charge on any atom is -0.478 e. The minimum absolute atomic E-state index is 0.0229. The number of benzene rings is 2. The molecule has 5 amide bonds. The van der Waals surface area contributed by atoms with Gasteiger partial charge in [-0.05, 0) is 63.1 Å². The molecule has 4 fully saturated rings. The number of hydrogen-bond donors (Lipinski definition) is 8. The summed E-state index contributed by atoms with van der Waals surface area (Å²) >= 11 is 2.46. The molecule has 6 aliphatic heterocycles. The summed E-state index contributed by atoms with van der Waals surface area (Å²) < 4.78 is 0. The molecule has 0 radical (unpaired) electrons. The first-order valence-electron chi connectivity index (χ1n) is 21.2. The lowest BCUT2D eigenvalue weighted by Crippen LogP contribution is -2.63. The molecule has 19 nitrogen and oxygen atoms in total. The van der Waals surface area contributed by atoms with Crippen molar-refractivity contribution in [2.45, 2.75) is 87.4 Å². The number of fused-ring (bicyclic) bond motifs is 2. The Balaban J connectivity index is 0.977. The lowest BCUT2D eigenvalue weighted by molar-refractivity contribution is -0.163. The highest BCUT2D eigenvalue weighted by Gasteiger charge is 2.62. The van der Waals surface area contributed by atoms with Gasteiger partial charge < -0.3 is 56.2 Å². The molecule has 6 aliphatic rings. The summed E-state index contributed by atoms with van der Waals surface area (Å²) in [4.78, 5) is 109. The van der Waals surface area contributed by atoms with Crippen molar-refractivity contribution in [1.29, 1.82) is 0 Å². The van der Waals surface area contributed by atoms with E-state index in [1.807, 2.05) is 6.92 Å². The predicted octanol–water partition coefficient (Wildman–Crippen LogP) is 2.05. The summed E-state index contributed by atoms with van der Waals surface area (Å²) in [7, 11) is 0. The first-order chi connectivity index (χ1) is 30.8. The number of anilines is 2. The number of nitrogens with zero attached hydrogens (tertiary/aromatic N) is 3. The van der Waals surface area contributed by atoms with Crippen molar-refractivity contribution in [1.82, 2.24) is 20.0 Å². The Hall–Kier alpha value is -5.74. The van der Waals surface area contributed by atoms with Gasteiger partial charge in [-0.15, -0.1) is 23.5 Å². The normalized spacial score (nSPS) is 30.1.